The van der Waals surface area contributed by atoms with Gasteiger partial charge in [0.2, 0.25) is 5.91 Å². The van der Waals surface area contributed by atoms with Crippen molar-refractivity contribution >= 4 is 28.4 Å². The Hall–Kier alpha value is -2.45. The third kappa shape index (κ3) is 5.51. The van der Waals surface area contributed by atoms with Gasteiger partial charge < -0.3 is 10.2 Å². The number of piperidine rings is 1. The largest absolute Gasteiger partial charge is 0.348 e. The first-order chi connectivity index (χ1) is 13.0. The first kappa shape index (κ1) is 19.3. The topological polar surface area (TPSA) is 77.6 Å². The molecule has 0 saturated carbocycles. The van der Waals surface area contributed by atoms with Crippen molar-refractivity contribution in [3.8, 4) is 10.4 Å². The lowest BCUT2D eigenvalue weighted by Crippen LogP contribution is -2.48. The van der Waals surface area contributed by atoms with Crippen LogP contribution in [0, 0.1) is 0 Å². The van der Waals surface area contributed by atoms with Crippen LogP contribution >= 0.6 is 11.3 Å². The molecule has 8 heteroatoms. The molecular weight excluding hydrogens is 362 g/mol. The summed E-state index contributed by atoms with van der Waals surface area (Å²) in [5, 5.41) is 6.41. The van der Waals surface area contributed by atoms with Gasteiger partial charge in [-0.1, -0.05) is 41.7 Å². The zero-order chi connectivity index (χ0) is 19.2. The maximum atomic E-state index is 12.2. The summed E-state index contributed by atoms with van der Waals surface area (Å²) in [5.41, 5.74) is 1.09. The monoisotopic (exact) mass is 387 g/mol. The zero-order valence-electron chi connectivity index (χ0n) is 15.6. The highest BCUT2D eigenvalue weighted by Crippen LogP contribution is 2.28. The molecule has 0 atom stereocenters. The second-order valence-electron chi connectivity index (χ2n) is 6.83. The number of likely N-dealkylation sites (tertiary alicyclic amines) is 1. The van der Waals surface area contributed by atoms with Crippen LogP contribution in [-0.4, -0.2) is 66.5 Å². The lowest BCUT2D eigenvalue weighted by molar-refractivity contribution is -0.130. The number of carbonyl (C=O) groups excluding carboxylic acids is 2. The quantitative estimate of drug-likeness (QED) is 0.826. The maximum absolute atomic E-state index is 12.2. The number of hydrogen-bond acceptors (Lipinski definition) is 5. The van der Waals surface area contributed by atoms with Crippen LogP contribution in [0.25, 0.3) is 10.4 Å². The van der Waals surface area contributed by atoms with Crippen LogP contribution < -0.4 is 10.6 Å². The van der Waals surface area contributed by atoms with E-state index >= 15 is 0 Å². The van der Waals surface area contributed by atoms with Crippen LogP contribution in [0.1, 0.15) is 12.8 Å². The molecule has 2 heterocycles. The molecular formula is C19H25N5O2S. The van der Waals surface area contributed by atoms with Crippen LogP contribution in [0.4, 0.5) is 9.93 Å². The maximum Gasteiger partial charge on any atom is 0.321 e. The Morgan fingerprint density at radius 3 is 2.59 bits per heavy atom. The summed E-state index contributed by atoms with van der Waals surface area (Å²) in [6.07, 6.45) is 3.44. The highest BCUT2D eigenvalue weighted by Gasteiger charge is 2.22. The van der Waals surface area contributed by atoms with E-state index in [0.717, 1.165) is 36.4 Å². The molecule has 0 spiro atoms. The van der Waals surface area contributed by atoms with E-state index in [9.17, 15) is 9.59 Å². The fraction of sp³-hybridized carbons (Fsp3) is 0.421. The fourth-order valence-electron chi connectivity index (χ4n) is 2.95. The molecule has 27 heavy (non-hydrogen) atoms. The molecule has 1 aromatic carbocycles. The van der Waals surface area contributed by atoms with E-state index < -0.39 is 0 Å². The van der Waals surface area contributed by atoms with Gasteiger partial charge in [-0.3, -0.25) is 15.0 Å². The van der Waals surface area contributed by atoms with Crippen molar-refractivity contribution in [2.75, 3.05) is 39.0 Å². The molecule has 1 aliphatic heterocycles. The Balaban J connectivity index is 1.44. The minimum absolute atomic E-state index is 0.108. The summed E-state index contributed by atoms with van der Waals surface area (Å²) < 4.78 is 0. The van der Waals surface area contributed by atoms with Gasteiger partial charge >= 0.3 is 6.03 Å². The number of nitrogens with zero attached hydrogens (tertiary/aromatic N) is 3. The molecule has 7 nitrogen and oxygen atoms in total. The summed E-state index contributed by atoms with van der Waals surface area (Å²) in [4.78, 5) is 33.1. The van der Waals surface area contributed by atoms with E-state index in [1.54, 1.807) is 25.2 Å². The Labute approximate surface area is 163 Å². The molecule has 2 aromatic rings. The summed E-state index contributed by atoms with van der Waals surface area (Å²) in [6, 6.07) is 9.86. The third-order valence-electron chi connectivity index (χ3n) is 4.56. The van der Waals surface area contributed by atoms with Crippen molar-refractivity contribution in [3.05, 3.63) is 36.5 Å². The minimum Gasteiger partial charge on any atom is -0.348 e. The lowest BCUT2D eigenvalue weighted by Gasteiger charge is -2.32. The fourth-order valence-corrected chi connectivity index (χ4v) is 3.77. The van der Waals surface area contributed by atoms with E-state index in [4.69, 9.17) is 0 Å². The van der Waals surface area contributed by atoms with Crippen molar-refractivity contribution in [3.63, 3.8) is 0 Å². The van der Waals surface area contributed by atoms with E-state index in [-0.39, 0.29) is 18.0 Å². The first-order valence-electron chi connectivity index (χ1n) is 9.02. The number of nitrogens with one attached hydrogen (secondary N) is 2. The van der Waals surface area contributed by atoms with Gasteiger partial charge in [0.25, 0.3) is 0 Å². The lowest BCUT2D eigenvalue weighted by atomic mass is 10.1. The number of carbonyl (C=O) groups is 2. The molecule has 3 rings (SSSR count). The van der Waals surface area contributed by atoms with Crippen molar-refractivity contribution in [2.24, 2.45) is 0 Å². The van der Waals surface area contributed by atoms with Gasteiger partial charge in [0.1, 0.15) is 0 Å². The average molecular weight is 388 g/mol. The second-order valence-corrected chi connectivity index (χ2v) is 7.86. The number of amides is 3. The molecule has 2 N–H and O–H groups in total. The molecule has 0 aliphatic carbocycles. The van der Waals surface area contributed by atoms with Gasteiger partial charge in [-0.15, -0.1) is 0 Å². The van der Waals surface area contributed by atoms with Crippen LogP contribution in [0.5, 0.6) is 0 Å². The molecule has 1 fully saturated rings. The predicted octanol–water partition coefficient (Wildman–Crippen LogP) is 2.48. The Morgan fingerprint density at radius 1 is 1.22 bits per heavy atom. The van der Waals surface area contributed by atoms with Gasteiger partial charge in [-0.05, 0) is 18.4 Å². The number of rotatable bonds is 5. The number of anilines is 1. The van der Waals surface area contributed by atoms with Crippen molar-refractivity contribution in [1.82, 2.24) is 20.1 Å². The molecule has 3 amide bonds. The van der Waals surface area contributed by atoms with Gasteiger partial charge in [0.05, 0.1) is 11.4 Å². The second kappa shape index (κ2) is 8.96. The van der Waals surface area contributed by atoms with E-state index in [2.05, 4.69) is 20.5 Å². The summed E-state index contributed by atoms with van der Waals surface area (Å²) >= 11 is 1.45. The molecule has 1 saturated heterocycles. The molecule has 1 aromatic heterocycles. The van der Waals surface area contributed by atoms with E-state index in [1.807, 2.05) is 30.3 Å². The summed E-state index contributed by atoms with van der Waals surface area (Å²) in [6.45, 7) is 2.05. The van der Waals surface area contributed by atoms with Gasteiger partial charge in [0.15, 0.2) is 5.13 Å². The van der Waals surface area contributed by atoms with Crippen LogP contribution in [0.3, 0.4) is 0 Å². The van der Waals surface area contributed by atoms with Gasteiger partial charge in [-0.25, -0.2) is 9.78 Å². The van der Waals surface area contributed by atoms with Crippen molar-refractivity contribution in [1.29, 1.82) is 0 Å². The number of urea groups is 1. The number of likely N-dealkylation sites (N-methyl/N-ethyl adjacent to an activating group) is 1. The standard InChI is InChI=1S/C19H25N5O2S/c1-23(2)17(25)13-24-10-8-15(9-11-24)21-18(26)22-19-20-12-16(27-19)14-6-4-3-5-7-14/h3-7,12,15H,8-11,13H2,1-2H3,(H2,20,21,22,26). The van der Waals surface area contributed by atoms with E-state index in [1.165, 1.54) is 11.3 Å². The van der Waals surface area contributed by atoms with Crippen molar-refractivity contribution < 1.29 is 9.59 Å². The highest BCUT2D eigenvalue weighted by atomic mass is 32.1. The number of aromatic nitrogens is 1. The Kier molecular flexibility index (Phi) is 6.41. The molecule has 0 bridgehead atoms. The van der Waals surface area contributed by atoms with Gasteiger partial charge in [-0.2, -0.15) is 0 Å². The summed E-state index contributed by atoms with van der Waals surface area (Å²) in [5.74, 6) is 0.108. The minimum atomic E-state index is -0.230. The predicted molar refractivity (Wildman–Crippen MR) is 108 cm³/mol. The normalized spacial score (nSPS) is 15.3. The van der Waals surface area contributed by atoms with Gasteiger partial charge in [0, 0.05) is 39.4 Å². The molecule has 144 valence electrons. The summed E-state index contributed by atoms with van der Waals surface area (Å²) in [7, 11) is 3.53. The number of thiazole rings is 1. The van der Waals surface area contributed by atoms with Crippen molar-refractivity contribution in [2.45, 2.75) is 18.9 Å². The smallest absolute Gasteiger partial charge is 0.321 e. The van der Waals surface area contributed by atoms with Crippen LogP contribution in [0.2, 0.25) is 0 Å². The zero-order valence-corrected chi connectivity index (χ0v) is 16.5. The highest BCUT2D eigenvalue weighted by molar-refractivity contribution is 7.19. The SMILES string of the molecule is CN(C)C(=O)CN1CCC(NC(=O)Nc2ncc(-c3ccccc3)s2)CC1. The molecule has 0 unspecified atom stereocenters. The van der Waals surface area contributed by atoms with Crippen LogP contribution in [0.15, 0.2) is 36.5 Å². The molecule has 1 aliphatic rings. The Morgan fingerprint density at radius 2 is 1.93 bits per heavy atom. The first-order valence-corrected chi connectivity index (χ1v) is 9.84. The third-order valence-corrected chi connectivity index (χ3v) is 5.53. The van der Waals surface area contributed by atoms with Crippen LogP contribution in [-0.2, 0) is 4.79 Å². The molecule has 0 radical (unpaired) electrons. The number of benzene rings is 1. The number of hydrogen-bond donors (Lipinski definition) is 2. The Bertz CT molecular complexity index is 769. The van der Waals surface area contributed by atoms with E-state index in [0.29, 0.717) is 11.7 Å². The average Bonchev–Trinajstić information content (AvgIpc) is 3.12.